The molecular formula is C10H15BrClN. The summed E-state index contributed by atoms with van der Waals surface area (Å²) in [6, 6.07) is 6.10. The van der Waals surface area contributed by atoms with Gasteiger partial charge in [0.1, 0.15) is 0 Å². The quantitative estimate of drug-likeness (QED) is 0.585. The van der Waals surface area contributed by atoms with Crippen molar-refractivity contribution in [1.82, 2.24) is 4.98 Å². The van der Waals surface area contributed by atoms with Crippen molar-refractivity contribution in [3.8, 4) is 0 Å². The zero-order chi connectivity index (χ0) is 8.65. The molecule has 0 aliphatic carbocycles. The van der Waals surface area contributed by atoms with Crippen molar-refractivity contribution in [3.05, 3.63) is 30.1 Å². The molecule has 0 aliphatic rings. The first-order valence-corrected chi connectivity index (χ1v) is 5.51. The van der Waals surface area contributed by atoms with Crippen LogP contribution in [-0.4, -0.2) is 10.3 Å². The number of aryl methyl sites for hydroxylation is 1. The lowest BCUT2D eigenvalue weighted by Crippen LogP contribution is -1.88. The Labute approximate surface area is 94.5 Å². The number of aromatic nitrogens is 1. The van der Waals surface area contributed by atoms with E-state index in [0.717, 1.165) is 11.8 Å². The summed E-state index contributed by atoms with van der Waals surface area (Å²) in [6.07, 6.45) is 6.80. The Bertz CT molecular complexity index is 203. The third-order valence-electron chi connectivity index (χ3n) is 1.79. The molecule has 0 aromatic carbocycles. The van der Waals surface area contributed by atoms with Crippen molar-refractivity contribution in [2.24, 2.45) is 0 Å². The van der Waals surface area contributed by atoms with Gasteiger partial charge in [0, 0.05) is 17.2 Å². The van der Waals surface area contributed by atoms with Crippen LogP contribution >= 0.6 is 28.3 Å². The first kappa shape index (κ1) is 12.9. The SMILES string of the molecule is BrCCCCCc1ccccn1.Cl. The molecule has 0 fully saturated rings. The molecule has 1 heterocycles. The van der Waals surface area contributed by atoms with Crippen LogP contribution in [0.4, 0.5) is 0 Å². The summed E-state index contributed by atoms with van der Waals surface area (Å²) in [7, 11) is 0. The number of hydrogen-bond donors (Lipinski definition) is 0. The fourth-order valence-corrected chi connectivity index (χ4v) is 1.52. The summed E-state index contributed by atoms with van der Waals surface area (Å²) in [6.45, 7) is 0. The molecule has 0 atom stereocenters. The lowest BCUT2D eigenvalue weighted by Gasteiger charge is -1.98. The Morgan fingerprint density at radius 3 is 2.62 bits per heavy atom. The standard InChI is InChI=1S/C10H14BrN.ClH/c11-8-4-1-2-6-10-7-3-5-9-12-10;/h3,5,7,9H,1-2,4,6,8H2;1H. The summed E-state index contributed by atoms with van der Waals surface area (Å²) in [5.41, 5.74) is 1.21. The van der Waals surface area contributed by atoms with Gasteiger partial charge in [-0.05, 0) is 31.4 Å². The van der Waals surface area contributed by atoms with Gasteiger partial charge >= 0.3 is 0 Å². The van der Waals surface area contributed by atoms with E-state index in [-0.39, 0.29) is 12.4 Å². The second-order valence-electron chi connectivity index (χ2n) is 2.82. The van der Waals surface area contributed by atoms with E-state index in [0.29, 0.717) is 0 Å². The van der Waals surface area contributed by atoms with Crippen LogP contribution in [-0.2, 0) is 6.42 Å². The smallest absolute Gasteiger partial charge is 0.0403 e. The maximum absolute atomic E-state index is 4.26. The second-order valence-corrected chi connectivity index (χ2v) is 3.61. The van der Waals surface area contributed by atoms with Crippen molar-refractivity contribution >= 4 is 28.3 Å². The molecular weight excluding hydrogens is 249 g/mol. The zero-order valence-electron chi connectivity index (χ0n) is 7.58. The van der Waals surface area contributed by atoms with E-state index in [4.69, 9.17) is 0 Å². The predicted octanol–water partition coefficient (Wildman–Crippen LogP) is 3.61. The van der Waals surface area contributed by atoms with Crippen LogP contribution < -0.4 is 0 Å². The highest BCUT2D eigenvalue weighted by Crippen LogP contribution is 2.04. The van der Waals surface area contributed by atoms with Crippen LogP contribution in [0, 0.1) is 0 Å². The average Bonchev–Trinajstić information content (AvgIpc) is 2.14. The highest BCUT2D eigenvalue weighted by molar-refractivity contribution is 9.09. The number of nitrogens with zero attached hydrogens (tertiary/aromatic N) is 1. The van der Waals surface area contributed by atoms with Gasteiger partial charge < -0.3 is 0 Å². The van der Waals surface area contributed by atoms with Crippen LogP contribution in [0.5, 0.6) is 0 Å². The molecule has 0 N–H and O–H groups in total. The Balaban J connectivity index is 0.00000144. The molecule has 0 unspecified atom stereocenters. The van der Waals surface area contributed by atoms with Gasteiger partial charge in [0.15, 0.2) is 0 Å². The molecule has 1 nitrogen and oxygen atoms in total. The van der Waals surface area contributed by atoms with Gasteiger partial charge in [-0.1, -0.05) is 28.4 Å². The van der Waals surface area contributed by atoms with Gasteiger partial charge in [-0.3, -0.25) is 4.98 Å². The Kier molecular flexibility index (Phi) is 8.46. The van der Waals surface area contributed by atoms with Crippen LogP contribution in [0.3, 0.4) is 0 Å². The monoisotopic (exact) mass is 263 g/mol. The van der Waals surface area contributed by atoms with E-state index in [1.54, 1.807) is 0 Å². The fraction of sp³-hybridized carbons (Fsp3) is 0.500. The topological polar surface area (TPSA) is 12.9 Å². The van der Waals surface area contributed by atoms with Crippen molar-refractivity contribution < 1.29 is 0 Å². The Hall–Kier alpha value is -0.0800. The summed E-state index contributed by atoms with van der Waals surface area (Å²) in [5.74, 6) is 0. The van der Waals surface area contributed by atoms with Gasteiger partial charge in [-0.2, -0.15) is 0 Å². The minimum Gasteiger partial charge on any atom is -0.261 e. The molecule has 13 heavy (non-hydrogen) atoms. The van der Waals surface area contributed by atoms with Crippen LogP contribution in [0.25, 0.3) is 0 Å². The van der Waals surface area contributed by atoms with Gasteiger partial charge in [-0.25, -0.2) is 0 Å². The molecule has 1 aromatic rings. The normalized spacial score (nSPS) is 9.31. The number of pyridine rings is 1. The molecule has 0 saturated heterocycles. The highest BCUT2D eigenvalue weighted by atomic mass is 79.9. The highest BCUT2D eigenvalue weighted by Gasteiger charge is 1.92. The number of hydrogen-bond acceptors (Lipinski definition) is 1. The summed E-state index contributed by atoms with van der Waals surface area (Å²) >= 11 is 3.42. The lowest BCUT2D eigenvalue weighted by molar-refractivity contribution is 0.714. The number of halogens is 2. The van der Waals surface area contributed by atoms with E-state index in [2.05, 4.69) is 27.0 Å². The number of unbranched alkanes of at least 4 members (excludes halogenated alkanes) is 2. The van der Waals surface area contributed by atoms with Crippen molar-refractivity contribution in [2.75, 3.05) is 5.33 Å². The molecule has 74 valence electrons. The molecule has 0 saturated carbocycles. The molecule has 3 heteroatoms. The van der Waals surface area contributed by atoms with Crippen molar-refractivity contribution in [1.29, 1.82) is 0 Å². The van der Waals surface area contributed by atoms with Gasteiger partial charge in [0.2, 0.25) is 0 Å². The van der Waals surface area contributed by atoms with Crippen LogP contribution in [0.2, 0.25) is 0 Å². The third kappa shape index (κ3) is 6.05. The molecule has 1 rings (SSSR count). The predicted molar refractivity (Wildman–Crippen MR) is 62.8 cm³/mol. The minimum absolute atomic E-state index is 0. The first-order chi connectivity index (χ1) is 5.93. The van der Waals surface area contributed by atoms with Crippen molar-refractivity contribution in [3.63, 3.8) is 0 Å². The van der Waals surface area contributed by atoms with Gasteiger partial charge in [0.05, 0.1) is 0 Å². The maximum atomic E-state index is 4.26. The maximum Gasteiger partial charge on any atom is 0.0403 e. The van der Waals surface area contributed by atoms with E-state index in [1.807, 2.05) is 18.3 Å². The van der Waals surface area contributed by atoms with E-state index >= 15 is 0 Å². The van der Waals surface area contributed by atoms with E-state index < -0.39 is 0 Å². The average molecular weight is 265 g/mol. The summed E-state index contributed by atoms with van der Waals surface area (Å²) < 4.78 is 0. The van der Waals surface area contributed by atoms with Crippen molar-refractivity contribution in [2.45, 2.75) is 25.7 Å². The molecule has 0 radical (unpaired) electrons. The summed E-state index contributed by atoms with van der Waals surface area (Å²) in [4.78, 5) is 4.26. The summed E-state index contributed by atoms with van der Waals surface area (Å²) in [5, 5.41) is 1.12. The third-order valence-corrected chi connectivity index (χ3v) is 2.35. The van der Waals surface area contributed by atoms with E-state index in [1.165, 1.54) is 25.0 Å². The zero-order valence-corrected chi connectivity index (χ0v) is 9.98. The Morgan fingerprint density at radius 1 is 1.15 bits per heavy atom. The van der Waals surface area contributed by atoms with Crippen LogP contribution in [0.1, 0.15) is 25.0 Å². The molecule has 0 bridgehead atoms. The van der Waals surface area contributed by atoms with Gasteiger partial charge in [-0.15, -0.1) is 12.4 Å². The fourth-order valence-electron chi connectivity index (χ4n) is 1.12. The minimum atomic E-state index is 0. The van der Waals surface area contributed by atoms with Gasteiger partial charge in [0.25, 0.3) is 0 Å². The largest absolute Gasteiger partial charge is 0.261 e. The Morgan fingerprint density at radius 2 is 2.00 bits per heavy atom. The molecule has 0 spiro atoms. The second kappa shape index (κ2) is 8.52. The number of alkyl halides is 1. The molecule has 0 aliphatic heterocycles. The number of rotatable bonds is 5. The molecule has 0 amide bonds. The lowest BCUT2D eigenvalue weighted by atomic mass is 10.1. The van der Waals surface area contributed by atoms with E-state index in [9.17, 15) is 0 Å². The molecule has 1 aromatic heterocycles. The first-order valence-electron chi connectivity index (χ1n) is 4.39. The van der Waals surface area contributed by atoms with Crippen LogP contribution in [0.15, 0.2) is 24.4 Å².